The molecule has 0 radical (unpaired) electrons. The number of carbonyl (C=O) groups excluding carboxylic acids is 1. The fraction of sp³-hybridized carbons (Fsp3) is 0.429. The molecule has 1 aliphatic rings. The van der Waals surface area contributed by atoms with E-state index < -0.39 is 5.97 Å². The minimum absolute atomic E-state index is 0.0649. The van der Waals surface area contributed by atoms with Crippen molar-refractivity contribution in [2.45, 2.75) is 31.7 Å². The van der Waals surface area contributed by atoms with Crippen molar-refractivity contribution in [3.63, 3.8) is 0 Å². The highest BCUT2D eigenvalue weighted by Crippen LogP contribution is 2.33. The van der Waals surface area contributed by atoms with Crippen LogP contribution in [0.1, 0.15) is 37.3 Å². The number of benzene rings is 1. The molecule has 5 heteroatoms. The Bertz CT molecular complexity index is 489. The minimum Gasteiger partial charge on any atom is -0.481 e. The van der Waals surface area contributed by atoms with Gasteiger partial charge in [-0.3, -0.25) is 9.59 Å². The SMILES string of the molecule is O=C(O)CCC(=O)N1CCCC1c1cccc(Br)c1. The zero-order valence-electron chi connectivity index (χ0n) is 10.5. The van der Waals surface area contributed by atoms with E-state index in [-0.39, 0.29) is 24.8 Å². The van der Waals surface area contributed by atoms with Gasteiger partial charge in [0.2, 0.25) is 5.91 Å². The van der Waals surface area contributed by atoms with Gasteiger partial charge < -0.3 is 10.0 Å². The highest BCUT2D eigenvalue weighted by Gasteiger charge is 2.29. The Morgan fingerprint density at radius 3 is 2.84 bits per heavy atom. The first-order valence-corrected chi connectivity index (χ1v) is 7.14. The zero-order chi connectivity index (χ0) is 13.8. The van der Waals surface area contributed by atoms with E-state index in [0.717, 1.165) is 29.4 Å². The quantitative estimate of drug-likeness (QED) is 0.925. The fourth-order valence-electron chi connectivity index (χ4n) is 2.48. The Morgan fingerprint density at radius 1 is 1.37 bits per heavy atom. The van der Waals surface area contributed by atoms with E-state index in [9.17, 15) is 9.59 Å². The number of hydrogen-bond donors (Lipinski definition) is 1. The lowest BCUT2D eigenvalue weighted by Gasteiger charge is -2.25. The summed E-state index contributed by atoms with van der Waals surface area (Å²) < 4.78 is 0.995. The van der Waals surface area contributed by atoms with E-state index in [1.807, 2.05) is 29.2 Å². The van der Waals surface area contributed by atoms with Gasteiger partial charge in [0.25, 0.3) is 0 Å². The van der Waals surface area contributed by atoms with Gasteiger partial charge in [0.05, 0.1) is 12.5 Å². The smallest absolute Gasteiger partial charge is 0.303 e. The summed E-state index contributed by atoms with van der Waals surface area (Å²) in [7, 11) is 0. The molecule has 0 spiro atoms. The van der Waals surface area contributed by atoms with Crippen molar-refractivity contribution >= 4 is 27.8 Å². The van der Waals surface area contributed by atoms with E-state index in [4.69, 9.17) is 5.11 Å². The third-order valence-electron chi connectivity index (χ3n) is 3.36. The van der Waals surface area contributed by atoms with Crippen molar-refractivity contribution in [3.8, 4) is 0 Å². The Morgan fingerprint density at radius 2 is 2.16 bits per heavy atom. The van der Waals surface area contributed by atoms with Gasteiger partial charge in [-0.15, -0.1) is 0 Å². The molecule has 102 valence electrons. The molecule has 4 nitrogen and oxygen atoms in total. The van der Waals surface area contributed by atoms with Gasteiger partial charge >= 0.3 is 5.97 Å². The summed E-state index contributed by atoms with van der Waals surface area (Å²) >= 11 is 3.43. The summed E-state index contributed by atoms with van der Waals surface area (Å²) in [6.07, 6.45) is 1.89. The van der Waals surface area contributed by atoms with E-state index in [1.165, 1.54) is 0 Å². The molecular weight excluding hydrogens is 310 g/mol. The second kappa shape index (κ2) is 6.19. The molecule has 1 N–H and O–H groups in total. The van der Waals surface area contributed by atoms with Crippen LogP contribution in [0.2, 0.25) is 0 Å². The summed E-state index contributed by atoms with van der Waals surface area (Å²) in [4.78, 5) is 24.4. The predicted molar refractivity (Wildman–Crippen MR) is 74.7 cm³/mol. The first-order valence-electron chi connectivity index (χ1n) is 6.34. The minimum atomic E-state index is -0.924. The zero-order valence-corrected chi connectivity index (χ0v) is 12.1. The number of hydrogen-bond acceptors (Lipinski definition) is 2. The monoisotopic (exact) mass is 325 g/mol. The number of amides is 1. The lowest BCUT2D eigenvalue weighted by molar-refractivity contribution is -0.141. The van der Waals surface area contributed by atoms with Crippen molar-refractivity contribution in [1.29, 1.82) is 0 Å². The Balaban J connectivity index is 2.08. The van der Waals surface area contributed by atoms with Gasteiger partial charge in [-0.1, -0.05) is 28.1 Å². The average Bonchev–Trinajstić information content (AvgIpc) is 2.85. The molecule has 1 aliphatic heterocycles. The van der Waals surface area contributed by atoms with Crippen molar-refractivity contribution in [2.24, 2.45) is 0 Å². The third kappa shape index (κ3) is 3.56. The van der Waals surface area contributed by atoms with E-state index >= 15 is 0 Å². The second-order valence-corrected chi connectivity index (χ2v) is 5.61. The maximum absolute atomic E-state index is 12.1. The van der Waals surface area contributed by atoms with Crippen LogP contribution >= 0.6 is 15.9 Å². The number of aliphatic carboxylic acids is 1. The first kappa shape index (κ1) is 14.1. The molecule has 0 saturated carbocycles. The molecule has 0 bridgehead atoms. The highest BCUT2D eigenvalue weighted by molar-refractivity contribution is 9.10. The highest BCUT2D eigenvalue weighted by atomic mass is 79.9. The van der Waals surface area contributed by atoms with Crippen LogP contribution in [0, 0.1) is 0 Å². The summed E-state index contributed by atoms with van der Waals surface area (Å²) in [5.74, 6) is -0.989. The number of carbonyl (C=O) groups is 2. The van der Waals surface area contributed by atoms with Gasteiger partial charge in [0.1, 0.15) is 0 Å². The molecule has 1 unspecified atom stereocenters. The van der Waals surface area contributed by atoms with Gasteiger partial charge in [0.15, 0.2) is 0 Å². The standard InChI is InChI=1S/C14H16BrNO3/c15-11-4-1-3-10(9-11)12-5-2-8-16(12)13(17)6-7-14(18)19/h1,3-4,9,12H,2,5-8H2,(H,18,19). The van der Waals surface area contributed by atoms with Crippen LogP contribution < -0.4 is 0 Å². The van der Waals surface area contributed by atoms with Crippen LogP contribution in [-0.2, 0) is 9.59 Å². The second-order valence-electron chi connectivity index (χ2n) is 4.69. The maximum Gasteiger partial charge on any atom is 0.303 e. The summed E-state index contributed by atoms with van der Waals surface area (Å²) in [6, 6.07) is 8.03. The first-order chi connectivity index (χ1) is 9.08. The molecule has 1 saturated heterocycles. The van der Waals surface area contributed by atoms with Crippen LogP contribution in [-0.4, -0.2) is 28.4 Å². The fourth-order valence-corrected chi connectivity index (χ4v) is 2.90. The number of likely N-dealkylation sites (tertiary alicyclic amines) is 1. The molecule has 1 aromatic rings. The van der Waals surface area contributed by atoms with Gasteiger partial charge in [-0.25, -0.2) is 0 Å². The predicted octanol–water partition coefficient (Wildman–Crippen LogP) is 2.98. The molecule has 0 aromatic heterocycles. The number of nitrogens with zero attached hydrogens (tertiary/aromatic N) is 1. The van der Waals surface area contributed by atoms with Crippen molar-refractivity contribution < 1.29 is 14.7 Å². The number of carboxylic acids is 1. The van der Waals surface area contributed by atoms with Crippen molar-refractivity contribution in [3.05, 3.63) is 34.3 Å². The lowest BCUT2D eigenvalue weighted by Crippen LogP contribution is -2.30. The molecule has 1 amide bonds. The van der Waals surface area contributed by atoms with Crippen LogP contribution in [0.5, 0.6) is 0 Å². The van der Waals surface area contributed by atoms with E-state index in [2.05, 4.69) is 15.9 Å². The van der Waals surface area contributed by atoms with Gasteiger partial charge in [-0.05, 0) is 30.5 Å². The van der Waals surface area contributed by atoms with Crippen molar-refractivity contribution in [2.75, 3.05) is 6.54 Å². The van der Waals surface area contributed by atoms with Gasteiger partial charge in [0, 0.05) is 17.4 Å². The summed E-state index contributed by atoms with van der Waals surface area (Å²) in [6.45, 7) is 0.718. The average molecular weight is 326 g/mol. The maximum atomic E-state index is 12.1. The Hall–Kier alpha value is -1.36. The Kier molecular flexibility index (Phi) is 4.58. The molecular formula is C14H16BrNO3. The van der Waals surface area contributed by atoms with Crippen LogP contribution in [0.3, 0.4) is 0 Å². The Labute approximate surface area is 120 Å². The molecule has 0 aliphatic carbocycles. The molecule has 1 atom stereocenters. The molecule has 19 heavy (non-hydrogen) atoms. The van der Waals surface area contributed by atoms with E-state index in [0.29, 0.717) is 0 Å². The number of halogens is 1. The largest absolute Gasteiger partial charge is 0.481 e. The molecule has 1 fully saturated rings. The lowest BCUT2D eigenvalue weighted by atomic mass is 10.0. The summed E-state index contributed by atoms with van der Waals surface area (Å²) in [5.41, 5.74) is 1.11. The van der Waals surface area contributed by atoms with Crippen LogP contribution in [0.15, 0.2) is 28.7 Å². The third-order valence-corrected chi connectivity index (χ3v) is 3.85. The van der Waals surface area contributed by atoms with Gasteiger partial charge in [-0.2, -0.15) is 0 Å². The van der Waals surface area contributed by atoms with E-state index in [1.54, 1.807) is 0 Å². The van der Waals surface area contributed by atoms with Crippen molar-refractivity contribution in [1.82, 2.24) is 4.90 Å². The van der Waals surface area contributed by atoms with Crippen LogP contribution in [0.25, 0.3) is 0 Å². The molecule has 1 aromatic carbocycles. The molecule has 1 heterocycles. The summed E-state index contributed by atoms with van der Waals surface area (Å²) in [5, 5.41) is 8.65. The normalized spacial score (nSPS) is 18.6. The number of carboxylic acid groups (broad SMARTS) is 1. The number of rotatable bonds is 4. The molecule has 2 rings (SSSR count). The topological polar surface area (TPSA) is 57.6 Å². The van der Waals surface area contributed by atoms with Crippen LogP contribution in [0.4, 0.5) is 0 Å².